The third-order valence-corrected chi connectivity index (χ3v) is 13.9. The molecule has 3 aliphatic rings. The normalized spacial score (nSPS) is 16.8. The van der Waals surface area contributed by atoms with Gasteiger partial charge in [0, 0.05) is 59.6 Å². The van der Waals surface area contributed by atoms with Gasteiger partial charge < -0.3 is 38.5 Å². The summed E-state index contributed by atoms with van der Waals surface area (Å²) in [7, 11) is -3.63. The molecule has 74 heavy (non-hydrogen) atoms. The van der Waals surface area contributed by atoms with Gasteiger partial charge >= 0.3 is 21.6 Å². The van der Waals surface area contributed by atoms with E-state index in [9.17, 15) is 44.7 Å². The van der Waals surface area contributed by atoms with Crippen molar-refractivity contribution >= 4 is 73.3 Å². The molecule has 2 fully saturated rings. The minimum atomic E-state index is -5.75. The second-order valence-electron chi connectivity index (χ2n) is 17.6. The van der Waals surface area contributed by atoms with Gasteiger partial charge in [0.25, 0.3) is 0 Å². The average Bonchev–Trinajstić information content (AvgIpc) is 3.78. The molecule has 10 rings (SSSR count). The third-order valence-electron chi connectivity index (χ3n) is 12.9. The Labute approximate surface area is 430 Å². The van der Waals surface area contributed by atoms with E-state index >= 15 is 0 Å². The predicted molar refractivity (Wildman–Crippen MR) is 277 cm³/mol. The quantitative estimate of drug-likeness (QED) is 0.0487. The van der Waals surface area contributed by atoms with Crippen LogP contribution in [0.2, 0.25) is 0 Å². The number of aromatic nitrogens is 2. The van der Waals surface area contributed by atoms with E-state index in [-0.39, 0.29) is 60.1 Å². The number of ether oxygens (including phenoxy) is 1. The highest BCUT2D eigenvalue weighted by Crippen LogP contribution is 2.36. The number of aromatic hydroxyl groups is 1. The van der Waals surface area contributed by atoms with Crippen LogP contribution in [-0.2, 0) is 27.9 Å². The van der Waals surface area contributed by atoms with Gasteiger partial charge in [-0.3, -0.25) is 4.79 Å². The smallest absolute Gasteiger partial charge is 0.507 e. The Morgan fingerprint density at radius 1 is 0.824 bits per heavy atom. The Morgan fingerprint density at radius 2 is 1.45 bits per heavy atom. The number of fused-ring (bicyclic) bond motifs is 4. The summed E-state index contributed by atoms with van der Waals surface area (Å²) in [6, 6.07) is 27.6. The number of benzene rings is 6. The summed E-state index contributed by atoms with van der Waals surface area (Å²) in [4.78, 5) is 34.5. The molecule has 388 valence electrons. The fourth-order valence-corrected chi connectivity index (χ4v) is 9.69. The zero-order valence-electron chi connectivity index (χ0n) is 39.9. The van der Waals surface area contributed by atoms with E-state index in [0.29, 0.717) is 50.2 Å². The number of carbonyl (C=O) groups is 1. The summed E-state index contributed by atoms with van der Waals surface area (Å²) in [5.41, 5.74) is -2.49. The number of carbonyl (C=O) groups excluding carboxylic acids is 1. The third kappa shape index (κ3) is 12.4. The molecule has 4 heterocycles. The maximum absolute atomic E-state index is 14.0. The number of halogens is 6. The van der Waals surface area contributed by atoms with E-state index < -0.39 is 27.2 Å². The first-order chi connectivity index (χ1) is 34.9. The number of nitrogens with zero attached hydrogens (tertiary/aromatic N) is 7. The van der Waals surface area contributed by atoms with Gasteiger partial charge in [0.15, 0.2) is 5.75 Å². The first-order valence-corrected chi connectivity index (χ1v) is 24.6. The summed E-state index contributed by atoms with van der Waals surface area (Å²) < 4.78 is 108. The Bertz CT molecular complexity index is 3350. The summed E-state index contributed by atoms with van der Waals surface area (Å²) in [6.07, 6.45) is 4.29. The zero-order chi connectivity index (χ0) is 52.0. The van der Waals surface area contributed by atoms with Crippen molar-refractivity contribution in [3.05, 3.63) is 162 Å². The lowest BCUT2D eigenvalue weighted by Gasteiger charge is -2.41. The van der Waals surface area contributed by atoms with Crippen molar-refractivity contribution in [2.75, 3.05) is 62.7 Å². The van der Waals surface area contributed by atoms with E-state index in [0.717, 1.165) is 95.5 Å². The van der Waals surface area contributed by atoms with Crippen molar-refractivity contribution < 1.29 is 53.6 Å². The van der Waals surface area contributed by atoms with Crippen LogP contribution in [0.15, 0.2) is 122 Å². The van der Waals surface area contributed by atoms with Crippen LogP contribution in [-0.4, -0.2) is 110 Å². The number of piperazine rings is 1. The lowest BCUT2D eigenvalue weighted by molar-refractivity contribution is -0.128. The van der Waals surface area contributed by atoms with Crippen LogP contribution in [0.5, 0.6) is 17.5 Å². The highest BCUT2D eigenvalue weighted by atomic mass is 32.2. The number of likely N-dealkylation sites (N-methyl/N-ethyl adjacent to an activating group) is 1. The summed E-state index contributed by atoms with van der Waals surface area (Å²) in [5.74, 6) is -0.765. The molecule has 1 aromatic heterocycles. The van der Waals surface area contributed by atoms with Crippen LogP contribution in [0.25, 0.3) is 37.2 Å². The summed E-state index contributed by atoms with van der Waals surface area (Å²) in [6.45, 7) is 15.8. The number of phenolic OH excluding ortho intramolecular Hbond substituents is 1. The van der Waals surface area contributed by atoms with Crippen LogP contribution in [0, 0.1) is 24.0 Å². The van der Waals surface area contributed by atoms with Gasteiger partial charge in [-0.25, -0.2) is 19.7 Å². The Hall–Kier alpha value is -7.28. The number of amides is 1. The van der Waals surface area contributed by atoms with Crippen LogP contribution in [0.1, 0.15) is 24.1 Å². The van der Waals surface area contributed by atoms with Gasteiger partial charge in [-0.05, 0) is 128 Å². The molecular weight excluding hydrogens is 1010 g/mol. The van der Waals surface area contributed by atoms with Gasteiger partial charge in [0.1, 0.15) is 41.7 Å². The molecule has 0 bridgehead atoms. The first-order valence-electron chi connectivity index (χ1n) is 23.2. The van der Waals surface area contributed by atoms with Crippen molar-refractivity contribution in [3.8, 4) is 17.5 Å². The lowest BCUT2D eigenvalue weighted by Crippen LogP contribution is -2.56. The maximum atomic E-state index is 14.0. The summed E-state index contributed by atoms with van der Waals surface area (Å²) >= 11 is 0. The molecular formula is C53H51F6N7O6S2. The monoisotopic (exact) mass is 1060 g/mol. The predicted octanol–water partition coefficient (Wildman–Crippen LogP) is 9.93. The van der Waals surface area contributed by atoms with E-state index in [4.69, 9.17) is 21.3 Å². The van der Waals surface area contributed by atoms with E-state index in [1.165, 1.54) is 36.4 Å². The van der Waals surface area contributed by atoms with Gasteiger partial charge in [0.2, 0.25) is 12.5 Å². The molecule has 2 saturated heterocycles. The van der Waals surface area contributed by atoms with Crippen LogP contribution in [0.4, 0.5) is 37.8 Å². The van der Waals surface area contributed by atoms with Crippen LogP contribution < -0.4 is 18.7 Å². The average molecular weight is 1060 g/mol. The molecule has 13 nitrogen and oxygen atoms in total. The fraction of sp³-hybridized carbons (Fsp3) is 0.283. The fourth-order valence-electron chi connectivity index (χ4n) is 9.21. The molecule has 2 atom stereocenters. The van der Waals surface area contributed by atoms with Gasteiger partial charge in [-0.2, -0.15) is 45.1 Å². The molecule has 1 unspecified atom stereocenters. The minimum absolute atomic E-state index is 0. The first kappa shape index (κ1) is 54.5. The number of phenols is 1. The number of rotatable bonds is 9. The molecule has 1 amide bonds. The van der Waals surface area contributed by atoms with Crippen molar-refractivity contribution in [2.24, 2.45) is 0 Å². The van der Waals surface area contributed by atoms with Crippen molar-refractivity contribution in [3.63, 3.8) is 0 Å². The van der Waals surface area contributed by atoms with E-state index in [1.54, 1.807) is 35.2 Å². The Morgan fingerprint density at radius 3 is 2.08 bits per heavy atom. The number of anilines is 2. The van der Waals surface area contributed by atoms with Crippen molar-refractivity contribution in [2.45, 2.75) is 43.4 Å². The molecule has 0 spiro atoms. The SMILES string of the molecule is O=S(=O)(Oc1cccc2cc(F)ccc12)C(F)(F)F.Oc1cccc2cc(F)ccc12.S.[C-]#[N+]CC1CN(c2nc(OC[C@@H]3CCCN3C)nc3c2CCN(c2cccc4cc(F)ccc24)C3)CCN1C(=O)C=C. The van der Waals surface area contributed by atoms with E-state index in [1.807, 2.05) is 18.2 Å². The molecule has 1 N–H and O–H groups in total. The highest BCUT2D eigenvalue weighted by molar-refractivity contribution is 7.88. The Kier molecular flexibility index (Phi) is 17.2. The second-order valence-corrected chi connectivity index (χ2v) is 19.1. The molecule has 7 aromatic rings. The standard InChI is InChI=1S/C32H36FN7O2.C11H6F4O3S.C10H7FO.H2S/c1-4-30(41)40-16-15-39(19-25(40)18-34-2)31-27-12-14-38(29-9-5-7-22-17-23(33)10-11-26(22)29)20-28(27)35-32(36-31)42-21-24-8-6-13-37(24)3;12-8-4-5-9-7(6-8)2-1-3-10(9)18-19(16,17)11(13,14)15;11-8-4-5-9-7(6-8)2-1-3-10(9)12;/h4-5,7,9-11,17,24-25H,1,6,8,12-16,18-21H2,3H3;1-6H;1-6,12H;1H2/t24-,25?;;;/m0.../s1. The molecule has 0 radical (unpaired) electrons. The number of hydrogen-bond donors (Lipinski definition) is 1. The summed E-state index contributed by atoms with van der Waals surface area (Å²) in [5, 5.41) is 12.9. The topological polar surface area (TPSA) is 133 Å². The highest BCUT2D eigenvalue weighted by Gasteiger charge is 2.48. The van der Waals surface area contributed by atoms with Gasteiger partial charge in [-0.15, -0.1) is 0 Å². The van der Waals surface area contributed by atoms with Crippen molar-refractivity contribution in [1.82, 2.24) is 19.8 Å². The molecule has 0 saturated carbocycles. The molecule has 6 aromatic carbocycles. The molecule has 0 aliphatic carbocycles. The molecule has 3 aliphatic heterocycles. The number of hydrogen-bond acceptors (Lipinski definition) is 11. The second kappa shape index (κ2) is 23.3. The Balaban J connectivity index is 0.000000204. The van der Waals surface area contributed by atoms with E-state index in [2.05, 4.69) is 43.4 Å². The number of likely N-dealkylation sites (tertiary alicyclic amines) is 1. The van der Waals surface area contributed by atoms with Crippen molar-refractivity contribution in [1.29, 1.82) is 0 Å². The lowest BCUT2D eigenvalue weighted by atomic mass is 10.0. The largest absolute Gasteiger partial charge is 0.534 e. The number of alkyl halides is 3. The minimum Gasteiger partial charge on any atom is -0.507 e. The zero-order valence-corrected chi connectivity index (χ0v) is 41.7. The van der Waals surface area contributed by atoms with Crippen LogP contribution in [0.3, 0.4) is 0 Å². The van der Waals surface area contributed by atoms with Crippen LogP contribution >= 0.6 is 13.5 Å². The molecule has 21 heteroatoms. The maximum Gasteiger partial charge on any atom is 0.534 e. The van der Waals surface area contributed by atoms with Gasteiger partial charge in [0.05, 0.1) is 12.2 Å². The van der Waals surface area contributed by atoms with Gasteiger partial charge in [-0.1, -0.05) is 43.0 Å².